The quantitative estimate of drug-likeness (QED) is 0.928. The van der Waals surface area contributed by atoms with Crippen LogP contribution in [0.15, 0.2) is 16.9 Å². The van der Waals surface area contributed by atoms with E-state index in [-0.39, 0.29) is 11.8 Å². The molecule has 24 heavy (non-hydrogen) atoms. The summed E-state index contributed by atoms with van der Waals surface area (Å²) in [4.78, 5) is 25.5. The average Bonchev–Trinajstić information content (AvgIpc) is 3.33. The molecule has 3 heterocycles. The van der Waals surface area contributed by atoms with Crippen LogP contribution < -0.4 is 5.32 Å². The van der Waals surface area contributed by atoms with E-state index < -0.39 is 0 Å². The van der Waals surface area contributed by atoms with Gasteiger partial charge in [-0.2, -0.15) is 0 Å². The maximum atomic E-state index is 12.5. The first-order valence-corrected chi connectivity index (χ1v) is 8.39. The number of rotatable bonds is 4. The van der Waals surface area contributed by atoms with Crippen molar-refractivity contribution in [1.82, 2.24) is 15.0 Å². The second-order valence-electron chi connectivity index (χ2n) is 6.40. The van der Waals surface area contributed by atoms with Crippen molar-refractivity contribution in [2.24, 2.45) is 0 Å². The van der Waals surface area contributed by atoms with Crippen LogP contribution in [-0.4, -0.2) is 34.1 Å². The number of aromatic nitrogens is 3. The summed E-state index contributed by atoms with van der Waals surface area (Å²) in [6.07, 6.45) is 7.06. The fraction of sp³-hybridized carbons (Fsp3) is 0.529. The third-order valence-electron chi connectivity index (χ3n) is 4.48. The summed E-state index contributed by atoms with van der Waals surface area (Å²) in [6, 6.07) is 0. The Balaban J connectivity index is 1.49. The molecule has 1 N–H and O–H groups in total. The summed E-state index contributed by atoms with van der Waals surface area (Å²) >= 11 is 0. The van der Waals surface area contributed by atoms with Gasteiger partial charge < -0.3 is 14.5 Å². The molecule has 0 radical (unpaired) electrons. The molecule has 2 aromatic heterocycles. The highest BCUT2D eigenvalue weighted by atomic mass is 16.5. The molecule has 2 aliphatic rings. The molecule has 1 aliphatic carbocycles. The van der Waals surface area contributed by atoms with Crippen LogP contribution in [0.1, 0.15) is 65.4 Å². The second-order valence-corrected chi connectivity index (χ2v) is 6.40. The van der Waals surface area contributed by atoms with Crippen molar-refractivity contribution >= 4 is 11.6 Å². The SMILES string of the molecule is Cc1ncc(NC(=O)c2coc(C3CCOCC3)n2)c(C2CC2)n1. The van der Waals surface area contributed by atoms with E-state index >= 15 is 0 Å². The van der Waals surface area contributed by atoms with Crippen LogP contribution in [-0.2, 0) is 4.74 Å². The predicted octanol–water partition coefficient (Wildman–Crippen LogP) is 2.80. The molecule has 0 unspecified atom stereocenters. The molecule has 126 valence electrons. The van der Waals surface area contributed by atoms with Crippen LogP contribution in [0.3, 0.4) is 0 Å². The zero-order chi connectivity index (χ0) is 16.5. The number of aryl methyl sites for hydroxylation is 1. The molecular formula is C17H20N4O3. The number of hydrogen-bond acceptors (Lipinski definition) is 6. The summed E-state index contributed by atoms with van der Waals surface area (Å²) in [5.74, 6) is 1.71. The first kappa shape index (κ1) is 15.3. The van der Waals surface area contributed by atoms with Gasteiger partial charge in [-0.15, -0.1) is 0 Å². The Hall–Kier alpha value is -2.28. The van der Waals surface area contributed by atoms with Crippen molar-refractivity contribution in [2.75, 3.05) is 18.5 Å². The third-order valence-corrected chi connectivity index (χ3v) is 4.48. The van der Waals surface area contributed by atoms with Gasteiger partial charge in [0.1, 0.15) is 12.1 Å². The van der Waals surface area contributed by atoms with Crippen LogP contribution in [0.25, 0.3) is 0 Å². The third kappa shape index (κ3) is 3.17. The number of hydrogen-bond donors (Lipinski definition) is 1. The fourth-order valence-corrected chi connectivity index (χ4v) is 2.96. The van der Waals surface area contributed by atoms with Crippen molar-refractivity contribution < 1.29 is 13.9 Å². The number of oxazole rings is 1. The van der Waals surface area contributed by atoms with Gasteiger partial charge in [0.15, 0.2) is 11.6 Å². The Labute approximate surface area is 139 Å². The van der Waals surface area contributed by atoms with Crippen molar-refractivity contribution in [1.29, 1.82) is 0 Å². The fourth-order valence-electron chi connectivity index (χ4n) is 2.96. The number of ether oxygens (including phenoxy) is 1. The lowest BCUT2D eigenvalue weighted by atomic mass is 10.0. The Kier molecular flexibility index (Phi) is 4.02. The number of carbonyl (C=O) groups is 1. The smallest absolute Gasteiger partial charge is 0.277 e. The number of anilines is 1. The molecule has 1 aliphatic heterocycles. The summed E-state index contributed by atoms with van der Waals surface area (Å²) in [7, 11) is 0. The van der Waals surface area contributed by atoms with Gasteiger partial charge in [0.05, 0.1) is 17.6 Å². The van der Waals surface area contributed by atoms with Crippen molar-refractivity contribution in [3.63, 3.8) is 0 Å². The molecule has 0 aromatic carbocycles. The van der Waals surface area contributed by atoms with Crippen LogP contribution >= 0.6 is 0 Å². The summed E-state index contributed by atoms with van der Waals surface area (Å²) in [6.45, 7) is 3.27. The molecule has 2 fully saturated rings. The van der Waals surface area contributed by atoms with Gasteiger partial charge in [-0.3, -0.25) is 4.79 Å². The molecule has 0 spiro atoms. The number of nitrogens with one attached hydrogen (secondary N) is 1. The standard InChI is InChI=1S/C17H20N4O3/c1-10-18-8-13(15(19-10)11-2-3-11)20-16(22)14-9-24-17(21-14)12-4-6-23-7-5-12/h8-9,11-12H,2-7H2,1H3,(H,20,22). The van der Waals surface area contributed by atoms with E-state index in [1.54, 1.807) is 6.20 Å². The van der Waals surface area contributed by atoms with Crippen LogP contribution in [0.5, 0.6) is 0 Å². The van der Waals surface area contributed by atoms with E-state index in [1.807, 2.05) is 6.92 Å². The highest BCUT2D eigenvalue weighted by molar-refractivity contribution is 6.02. The lowest BCUT2D eigenvalue weighted by Crippen LogP contribution is -2.16. The molecule has 0 atom stereocenters. The van der Waals surface area contributed by atoms with Gasteiger partial charge in [0.25, 0.3) is 5.91 Å². The highest BCUT2D eigenvalue weighted by Crippen LogP contribution is 2.42. The van der Waals surface area contributed by atoms with Gasteiger partial charge in [0, 0.05) is 25.0 Å². The van der Waals surface area contributed by atoms with Crippen molar-refractivity contribution in [3.05, 3.63) is 35.6 Å². The molecule has 2 aromatic rings. The topological polar surface area (TPSA) is 90.1 Å². The zero-order valence-corrected chi connectivity index (χ0v) is 13.6. The molecule has 7 heteroatoms. The van der Waals surface area contributed by atoms with E-state index in [0.717, 1.165) is 37.2 Å². The normalized spacial score (nSPS) is 18.5. The first-order valence-electron chi connectivity index (χ1n) is 8.39. The molecule has 0 bridgehead atoms. The number of amides is 1. The van der Waals surface area contributed by atoms with E-state index in [1.165, 1.54) is 6.26 Å². The van der Waals surface area contributed by atoms with Gasteiger partial charge in [-0.25, -0.2) is 15.0 Å². The first-order chi connectivity index (χ1) is 11.7. The molecular weight excluding hydrogens is 308 g/mol. The minimum absolute atomic E-state index is 0.227. The maximum Gasteiger partial charge on any atom is 0.277 e. The zero-order valence-electron chi connectivity index (χ0n) is 13.6. The highest BCUT2D eigenvalue weighted by Gasteiger charge is 2.29. The van der Waals surface area contributed by atoms with Gasteiger partial charge >= 0.3 is 0 Å². The maximum absolute atomic E-state index is 12.5. The Bertz CT molecular complexity index is 748. The average molecular weight is 328 g/mol. The van der Waals surface area contributed by atoms with Crippen molar-refractivity contribution in [3.8, 4) is 0 Å². The molecule has 1 saturated carbocycles. The minimum atomic E-state index is -0.286. The summed E-state index contributed by atoms with van der Waals surface area (Å²) < 4.78 is 10.9. The summed E-state index contributed by atoms with van der Waals surface area (Å²) in [5, 5.41) is 2.88. The second kappa shape index (κ2) is 6.32. The Morgan fingerprint density at radius 2 is 1.96 bits per heavy atom. The van der Waals surface area contributed by atoms with E-state index in [9.17, 15) is 4.79 Å². The van der Waals surface area contributed by atoms with Crippen LogP contribution in [0, 0.1) is 6.92 Å². The summed E-state index contributed by atoms with van der Waals surface area (Å²) in [5.41, 5.74) is 1.88. The molecule has 4 rings (SSSR count). The molecule has 1 amide bonds. The van der Waals surface area contributed by atoms with E-state index in [2.05, 4.69) is 20.3 Å². The number of carbonyl (C=O) groups excluding carboxylic acids is 1. The van der Waals surface area contributed by atoms with Gasteiger partial charge in [-0.1, -0.05) is 0 Å². The monoisotopic (exact) mass is 328 g/mol. The molecule has 7 nitrogen and oxygen atoms in total. The lowest BCUT2D eigenvalue weighted by molar-refractivity contribution is 0.0794. The predicted molar refractivity (Wildman–Crippen MR) is 86.0 cm³/mol. The molecule has 1 saturated heterocycles. The van der Waals surface area contributed by atoms with Gasteiger partial charge in [0.2, 0.25) is 0 Å². The largest absolute Gasteiger partial charge is 0.448 e. The van der Waals surface area contributed by atoms with E-state index in [4.69, 9.17) is 9.15 Å². The minimum Gasteiger partial charge on any atom is -0.448 e. The van der Waals surface area contributed by atoms with E-state index in [0.29, 0.717) is 36.4 Å². The van der Waals surface area contributed by atoms with Crippen molar-refractivity contribution in [2.45, 2.75) is 44.4 Å². The Morgan fingerprint density at radius 1 is 1.17 bits per heavy atom. The van der Waals surface area contributed by atoms with Crippen LogP contribution in [0.2, 0.25) is 0 Å². The van der Waals surface area contributed by atoms with Gasteiger partial charge in [-0.05, 0) is 32.6 Å². The Morgan fingerprint density at radius 3 is 2.71 bits per heavy atom. The lowest BCUT2D eigenvalue weighted by Gasteiger charge is -2.18. The van der Waals surface area contributed by atoms with Crippen LogP contribution in [0.4, 0.5) is 5.69 Å². The number of nitrogens with zero attached hydrogens (tertiary/aromatic N) is 3.